The summed E-state index contributed by atoms with van der Waals surface area (Å²) < 4.78 is 0. The molecule has 3 heteroatoms. The Balaban J connectivity index is 1.78. The van der Waals surface area contributed by atoms with Crippen LogP contribution in [0.4, 0.5) is 0 Å². The molecule has 0 aliphatic heterocycles. The van der Waals surface area contributed by atoms with Crippen LogP contribution in [0.25, 0.3) is 0 Å². The van der Waals surface area contributed by atoms with Crippen molar-refractivity contribution in [3.8, 4) is 0 Å². The Labute approximate surface area is 132 Å². The van der Waals surface area contributed by atoms with Crippen LogP contribution in [0.3, 0.4) is 0 Å². The van der Waals surface area contributed by atoms with E-state index in [0.717, 1.165) is 43.0 Å². The molecule has 0 saturated heterocycles. The molecule has 2 aliphatic rings. The topological polar surface area (TPSA) is 29.1 Å². The Kier molecular flexibility index (Phi) is 5.95. The van der Waals surface area contributed by atoms with E-state index in [0.29, 0.717) is 5.91 Å². The number of rotatable bonds is 5. The molecule has 0 heterocycles. The van der Waals surface area contributed by atoms with Gasteiger partial charge in [-0.3, -0.25) is 4.79 Å². The Morgan fingerprint density at radius 1 is 1.15 bits per heavy atom. The minimum atomic E-state index is 0.196. The molecule has 1 N–H and O–H groups in total. The number of halogens is 1. The van der Waals surface area contributed by atoms with Crippen molar-refractivity contribution in [3.05, 3.63) is 0 Å². The van der Waals surface area contributed by atoms with Crippen LogP contribution in [0, 0.1) is 23.2 Å². The van der Waals surface area contributed by atoms with E-state index < -0.39 is 0 Å². The molecule has 0 aromatic carbocycles. The first-order valence-corrected chi connectivity index (χ1v) is 9.48. The standard InChI is InChI=1S/C17H30BrNO/c1-17(2,9-10-18)12-19-16(20)15-8-7-13-5-3-4-6-14(13)11-15/h13-15H,3-12H2,1-2H3,(H,19,20). The molecule has 0 aromatic rings. The molecule has 1 amide bonds. The Hall–Kier alpha value is -0.0500. The molecule has 2 aliphatic carbocycles. The number of carbonyl (C=O) groups is 1. The van der Waals surface area contributed by atoms with Gasteiger partial charge < -0.3 is 5.32 Å². The number of nitrogens with one attached hydrogen (secondary N) is 1. The van der Waals surface area contributed by atoms with Gasteiger partial charge in [0.25, 0.3) is 0 Å². The van der Waals surface area contributed by atoms with E-state index >= 15 is 0 Å². The van der Waals surface area contributed by atoms with E-state index in [1.165, 1.54) is 32.1 Å². The Morgan fingerprint density at radius 3 is 2.55 bits per heavy atom. The third kappa shape index (κ3) is 4.47. The summed E-state index contributed by atoms with van der Waals surface area (Å²) in [7, 11) is 0. The molecule has 2 rings (SSSR count). The van der Waals surface area contributed by atoms with Crippen LogP contribution < -0.4 is 5.32 Å². The van der Waals surface area contributed by atoms with Crippen LogP contribution in [-0.4, -0.2) is 17.8 Å². The molecule has 3 unspecified atom stereocenters. The normalized spacial score (nSPS) is 30.6. The Morgan fingerprint density at radius 2 is 1.85 bits per heavy atom. The van der Waals surface area contributed by atoms with E-state index in [-0.39, 0.29) is 11.3 Å². The zero-order valence-corrected chi connectivity index (χ0v) is 14.7. The molecule has 3 atom stereocenters. The van der Waals surface area contributed by atoms with Crippen molar-refractivity contribution in [1.82, 2.24) is 5.32 Å². The smallest absolute Gasteiger partial charge is 0.223 e. The largest absolute Gasteiger partial charge is 0.355 e. The van der Waals surface area contributed by atoms with Gasteiger partial charge in [0, 0.05) is 17.8 Å². The highest BCUT2D eigenvalue weighted by molar-refractivity contribution is 9.09. The minimum Gasteiger partial charge on any atom is -0.355 e. The van der Waals surface area contributed by atoms with Crippen molar-refractivity contribution < 1.29 is 4.79 Å². The van der Waals surface area contributed by atoms with Gasteiger partial charge in [0.15, 0.2) is 0 Å². The molecule has 0 aromatic heterocycles. The quantitative estimate of drug-likeness (QED) is 0.730. The molecule has 2 nitrogen and oxygen atoms in total. The summed E-state index contributed by atoms with van der Waals surface area (Å²) in [4.78, 5) is 12.4. The maximum atomic E-state index is 12.4. The van der Waals surface area contributed by atoms with E-state index in [1.807, 2.05) is 0 Å². The molecule has 116 valence electrons. The van der Waals surface area contributed by atoms with Gasteiger partial charge in [-0.2, -0.15) is 0 Å². The van der Waals surface area contributed by atoms with Crippen LogP contribution in [0.15, 0.2) is 0 Å². The van der Waals surface area contributed by atoms with E-state index in [9.17, 15) is 4.79 Å². The highest BCUT2D eigenvalue weighted by Gasteiger charge is 2.35. The molecule has 0 spiro atoms. The number of amides is 1. The summed E-state index contributed by atoms with van der Waals surface area (Å²) in [6.07, 6.45) is 10.2. The lowest BCUT2D eigenvalue weighted by atomic mass is 9.67. The summed E-state index contributed by atoms with van der Waals surface area (Å²) in [5.74, 6) is 2.37. The van der Waals surface area contributed by atoms with Crippen molar-refractivity contribution in [2.24, 2.45) is 23.2 Å². The molecule has 0 radical (unpaired) electrons. The van der Waals surface area contributed by atoms with Crippen molar-refractivity contribution in [1.29, 1.82) is 0 Å². The number of fused-ring (bicyclic) bond motifs is 1. The second-order valence-electron chi connectivity index (χ2n) is 7.64. The van der Waals surface area contributed by atoms with Crippen molar-refractivity contribution in [3.63, 3.8) is 0 Å². The summed E-state index contributed by atoms with van der Waals surface area (Å²) >= 11 is 3.49. The highest BCUT2D eigenvalue weighted by atomic mass is 79.9. The fourth-order valence-corrected chi connectivity index (χ4v) is 5.00. The maximum Gasteiger partial charge on any atom is 0.223 e. The lowest BCUT2D eigenvalue weighted by Crippen LogP contribution is -2.41. The first-order chi connectivity index (χ1) is 9.52. The molecular formula is C17H30BrNO. The summed E-state index contributed by atoms with van der Waals surface area (Å²) in [5.41, 5.74) is 0.196. The number of hydrogen-bond donors (Lipinski definition) is 1. The predicted octanol–water partition coefficient (Wildman–Crippen LogP) is 4.52. The number of carbonyl (C=O) groups excluding carboxylic acids is 1. The van der Waals surface area contributed by atoms with E-state index in [2.05, 4.69) is 35.1 Å². The SMILES string of the molecule is CC(C)(CCBr)CNC(=O)C1CCC2CCCCC2C1. The van der Waals surface area contributed by atoms with Crippen LogP contribution in [0.1, 0.15) is 65.2 Å². The van der Waals surface area contributed by atoms with Gasteiger partial charge >= 0.3 is 0 Å². The van der Waals surface area contributed by atoms with Crippen LogP contribution >= 0.6 is 15.9 Å². The number of alkyl halides is 1. The first kappa shape index (κ1) is 16.3. The average Bonchev–Trinajstić information content (AvgIpc) is 2.44. The van der Waals surface area contributed by atoms with Crippen molar-refractivity contribution >= 4 is 21.8 Å². The van der Waals surface area contributed by atoms with Gasteiger partial charge in [-0.15, -0.1) is 0 Å². The predicted molar refractivity (Wildman–Crippen MR) is 88.0 cm³/mol. The molecule has 0 bridgehead atoms. The maximum absolute atomic E-state index is 12.4. The van der Waals surface area contributed by atoms with E-state index in [1.54, 1.807) is 0 Å². The number of hydrogen-bond acceptors (Lipinski definition) is 1. The third-order valence-corrected chi connectivity index (χ3v) is 5.82. The lowest BCUT2D eigenvalue weighted by molar-refractivity contribution is -0.127. The van der Waals surface area contributed by atoms with Crippen LogP contribution in [0.5, 0.6) is 0 Å². The zero-order valence-electron chi connectivity index (χ0n) is 13.1. The first-order valence-electron chi connectivity index (χ1n) is 8.35. The molecule has 20 heavy (non-hydrogen) atoms. The average molecular weight is 344 g/mol. The van der Waals surface area contributed by atoms with Crippen molar-refractivity contribution in [2.75, 3.05) is 11.9 Å². The van der Waals surface area contributed by atoms with Crippen LogP contribution in [0.2, 0.25) is 0 Å². The molecular weight excluding hydrogens is 314 g/mol. The monoisotopic (exact) mass is 343 g/mol. The second-order valence-corrected chi connectivity index (χ2v) is 8.43. The van der Waals surface area contributed by atoms with Gasteiger partial charge in [-0.1, -0.05) is 55.5 Å². The third-order valence-electron chi connectivity index (χ3n) is 5.42. The molecule has 2 fully saturated rings. The van der Waals surface area contributed by atoms with Gasteiger partial charge in [-0.05, 0) is 42.9 Å². The fraction of sp³-hybridized carbons (Fsp3) is 0.941. The summed E-state index contributed by atoms with van der Waals surface area (Å²) in [6.45, 7) is 5.27. The fourth-order valence-electron chi connectivity index (χ4n) is 3.93. The summed E-state index contributed by atoms with van der Waals surface area (Å²) in [5, 5.41) is 4.22. The molecule has 2 saturated carbocycles. The lowest BCUT2D eigenvalue weighted by Gasteiger charge is -2.39. The van der Waals surface area contributed by atoms with Crippen LogP contribution in [-0.2, 0) is 4.79 Å². The van der Waals surface area contributed by atoms with E-state index in [4.69, 9.17) is 0 Å². The second kappa shape index (κ2) is 7.29. The van der Waals surface area contributed by atoms with Gasteiger partial charge in [0.1, 0.15) is 0 Å². The van der Waals surface area contributed by atoms with Gasteiger partial charge in [0.05, 0.1) is 0 Å². The van der Waals surface area contributed by atoms with Gasteiger partial charge in [0.2, 0.25) is 5.91 Å². The summed E-state index contributed by atoms with van der Waals surface area (Å²) in [6, 6.07) is 0. The minimum absolute atomic E-state index is 0.196. The highest BCUT2D eigenvalue weighted by Crippen LogP contribution is 2.42. The zero-order chi connectivity index (χ0) is 14.6. The van der Waals surface area contributed by atoms with Gasteiger partial charge in [-0.25, -0.2) is 0 Å². The van der Waals surface area contributed by atoms with Crippen molar-refractivity contribution in [2.45, 2.75) is 65.2 Å². The Bertz CT molecular complexity index is 329.